The van der Waals surface area contributed by atoms with Crippen LogP contribution in [-0.2, 0) is 9.53 Å². The molecular formula is C29H34N2O5S2. The monoisotopic (exact) mass is 554 g/mol. The van der Waals surface area contributed by atoms with Crippen LogP contribution in [-0.4, -0.2) is 30.9 Å². The molecule has 0 saturated heterocycles. The molecule has 3 heterocycles. The Labute approximate surface area is 230 Å². The Bertz CT molecular complexity index is 1480. The van der Waals surface area contributed by atoms with Crippen LogP contribution in [0.1, 0.15) is 63.4 Å². The quantitative estimate of drug-likeness (QED) is 0.244. The molecule has 4 rings (SSSR count). The maximum atomic E-state index is 13.7. The third-order valence-corrected chi connectivity index (χ3v) is 7.92. The van der Waals surface area contributed by atoms with Crippen molar-refractivity contribution in [2.24, 2.45) is 10.9 Å². The van der Waals surface area contributed by atoms with Crippen molar-refractivity contribution in [1.82, 2.24) is 4.57 Å². The molecule has 3 aromatic rings. The highest BCUT2D eigenvalue weighted by Gasteiger charge is 2.34. The Morgan fingerprint density at radius 3 is 2.71 bits per heavy atom. The predicted octanol–water partition coefficient (Wildman–Crippen LogP) is 5.07. The number of fused-ring (bicyclic) bond motifs is 1. The number of unbranched alkanes of at least 4 members (excludes halogenated alkanes) is 2. The maximum absolute atomic E-state index is 13.7. The predicted molar refractivity (Wildman–Crippen MR) is 152 cm³/mol. The van der Waals surface area contributed by atoms with E-state index in [4.69, 9.17) is 14.2 Å². The number of carbonyl (C=O) groups is 1. The molecule has 1 aliphatic heterocycles. The first-order chi connectivity index (χ1) is 18.3. The van der Waals surface area contributed by atoms with Gasteiger partial charge in [-0.1, -0.05) is 57.1 Å². The first-order valence-electron chi connectivity index (χ1n) is 12.9. The average molecular weight is 555 g/mol. The van der Waals surface area contributed by atoms with E-state index >= 15 is 0 Å². The average Bonchev–Trinajstić information content (AvgIpc) is 3.52. The number of methoxy groups -OCH3 is 1. The van der Waals surface area contributed by atoms with E-state index in [-0.39, 0.29) is 18.1 Å². The molecule has 1 atom stereocenters. The largest absolute Gasteiger partial charge is 0.493 e. The summed E-state index contributed by atoms with van der Waals surface area (Å²) in [7, 11) is 1.59. The standard InChI is InChI=1S/C29H34N2O5S2/c1-6-7-8-13-35-22-12-11-20(15-23(22)34-5)26-25(28(33)36-17-18(2)3)19(4)30-29-31(26)27(32)24(38-29)16-21-10-9-14-37-21/h9-12,14-16,18,26H,6-8,13,17H2,1-5H3/b24-16-. The lowest BCUT2D eigenvalue weighted by molar-refractivity contribution is -0.140. The lowest BCUT2D eigenvalue weighted by atomic mass is 9.95. The summed E-state index contributed by atoms with van der Waals surface area (Å²) >= 11 is 2.87. The molecule has 0 N–H and O–H groups in total. The van der Waals surface area contributed by atoms with E-state index in [1.807, 2.05) is 55.6 Å². The number of thiophene rings is 1. The lowest BCUT2D eigenvalue weighted by Crippen LogP contribution is -2.40. The molecule has 2 aromatic heterocycles. The summed E-state index contributed by atoms with van der Waals surface area (Å²) in [5, 5.41) is 1.97. The fourth-order valence-electron chi connectivity index (χ4n) is 4.23. The lowest BCUT2D eigenvalue weighted by Gasteiger charge is -2.25. The highest BCUT2D eigenvalue weighted by atomic mass is 32.1. The van der Waals surface area contributed by atoms with Gasteiger partial charge in [-0.15, -0.1) is 11.3 Å². The molecule has 0 spiro atoms. The maximum Gasteiger partial charge on any atom is 0.338 e. The van der Waals surface area contributed by atoms with Gasteiger partial charge in [0.1, 0.15) is 0 Å². The number of allylic oxidation sites excluding steroid dienone is 1. The van der Waals surface area contributed by atoms with E-state index in [0.717, 1.165) is 29.7 Å². The van der Waals surface area contributed by atoms with Crippen molar-refractivity contribution < 1.29 is 19.0 Å². The summed E-state index contributed by atoms with van der Waals surface area (Å²) in [4.78, 5) is 33.3. The minimum atomic E-state index is -0.709. The number of hydrogen-bond acceptors (Lipinski definition) is 8. The first-order valence-corrected chi connectivity index (χ1v) is 14.6. The normalized spacial score (nSPS) is 15.4. The number of ether oxygens (including phenoxy) is 3. The van der Waals surface area contributed by atoms with Gasteiger partial charge in [0.05, 0.1) is 42.2 Å². The van der Waals surface area contributed by atoms with Crippen molar-refractivity contribution in [3.05, 3.63) is 77.1 Å². The fourth-order valence-corrected chi connectivity index (χ4v) is 6.00. The Morgan fingerprint density at radius 1 is 1.21 bits per heavy atom. The number of esters is 1. The summed E-state index contributed by atoms with van der Waals surface area (Å²) < 4.78 is 19.4. The van der Waals surface area contributed by atoms with Crippen molar-refractivity contribution in [3.63, 3.8) is 0 Å². The zero-order chi connectivity index (χ0) is 27.2. The zero-order valence-corrected chi connectivity index (χ0v) is 24.1. The molecule has 0 fully saturated rings. The molecule has 9 heteroatoms. The van der Waals surface area contributed by atoms with Gasteiger partial charge in [-0.3, -0.25) is 9.36 Å². The third-order valence-electron chi connectivity index (χ3n) is 6.11. The molecule has 202 valence electrons. The van der Waals surface area contributed by atoms with Crippen LogP contribution in [0.5, 0.6) is 11.5 Å². The van der Waals surface area contributed by atoms with Crippen LogP contribution in [0.25, 0.3) is 6.08 Å². The number of thiazole rings is 1. The summed E-state index contributed by atoms with van der Waals surface area (Å²) in [5.41, 5.74) is 1.40. The van der Waals surface area contributed by atoms with Crippen LogP contribution in [0, 0.1) is 5.92 Å². The smallest absolute Gasteiger partial charge is 0.338 e. The minimum Gasteiger partial charge on any atom is -0.493 e. The number of benzene rings is 1. The molecule has 0 radical (unpaired) electrons. The van der Waals surface area contributed by atoms with Crippen LogP contribution in [0.15, 0.2) is 56.8 Å². The number of nitrogens with zero attached hydrogens (tertiary/aromatic N) is 2. The van der Waals surface area contributed by atoms with Crippen LogP contribution >= 0.6 is 22.7 Å². The molecule has 38 heavy (non-hydrogen) atoms. The van der Waals surface area contributed by atoms with E-state index in [2.05, 4.69) is 11.9 Å². The van der Waals surface area contributed by atoms with E-state index < -0.39 is 12.0 Å². The number of rotatable bonds is 11. The van der Waals surface area contributed by atoms with Crippen LogP contribution in [0.4, 0.5) is 0 Å². The molecule has 1 aromatic carbocycles. The Hall–Kier alpha value is -3.17. The van der Waals surface area contributed by atoms with Crippen molar-refractivity contribution >= 4 is 34.7 Å². The Kier molecular flexibility index (Phi) is 9.22. The SMILES string of the molecule is CCCCCOc1ccc(C2C(C(=O)OCC(C)C)=C(C)N=c3s/c(=C\c4cccs4)c(=O)n32)cc1OC. The van der Waals surface area contributed by atoms with Gasteiger partial charge in [0.2, 0.25) is 0 Å². The van der Waals surface area contributed by atoms with Gasteiger partial charge >= 0.3 is 5.97 Å². The molecule has 0 amide bonds. The Morgan fingerprint density at radius 2 is 2.03 bits per heavy atom. The number of hydrogen-bond donors (Lipinski definition) is 0. The summed E-state index contributed by atoms with van der Waals surface area (Å²) in [5.74, 6) is 0.872. The molecule has 1 unspecified atom stereocenters. The third kappa shape index (κ3) is 6.10. The highest BCUT2D eigenvalue weighted by Crippen LogP contribution is 2.36. The molecule has 7 nitrogen and oxygen atoms in total. The van der Waals surface area contributed by atoms with Gasteiger partial charge in [-0.2, -0.15) is 0 Å². The highest BCUT2D eigenvalue weighted by molar-refractivity contribution is 7.11. The number of carbonyl (C=O) groups excluding carboxylic acids is 1. The van der Waals surface area contributed by atoms with Crippen LogP contribution in [0.2, 0.25) is 0 Å². The van der Waals surface area contributed by atoms with Crippen LogP contribution < -0.4 is 24.4 Å². The molecular weight excluding hydrogens is 520 g/mol. The zero-order valence-electron chi connectivity index (χ0n) is 22.5. The molecule has 1 aliphatic rings. The summed E-state index contributed by atoms with van der Waals surface area (Å²) in [6.07, 6.45) is 5.02. The fraction of sp³-hybridized carbons (Fsp3) is 0.414. The summed E-state index contributed by atoms with van der Waals surface area (Å²) in [6.45, 7) is 8.77. The number of aromatic nitrogens is 1. The van der Waals surface area contributed by atoms with E-state index in [9.17, 15) is 9.59 Å². The van der Waals surface area contributed by atoms with Gasteiger partial charge < -0.3 is 14.2 Å². The second-order valence-electron chi connectivity index (χ2n) is 9.56. The van der Waals surface area contributed by atoms with Crippen molar-refractivity contribution in [2.75, 3.05) is 20.3 Å². The van der Waals surface area contributed by atoms with Gasteiger partial charge in [0, 0.05) is 4.88 Å². The topological polar surface area (TPSA) is 79.1 Å². The minimum absolute atomic E-state index is 0.175. The van der Waals surface area contributed by atoms with E-state index in [1.54, 1.807) is 29.9 Å². The Balaban J connectivity index is 1.83. The van der Waals surface area contributed by atoms with Gasteiger partial charge in [0.15, 0.2) is 16.3 Å². The first kappa shape index (κ1) is 27.9. The van der Waals surface area contributed by atoms with Crippen molar-refractivity contribution in [1.29, 1.82) is 0 Å². The van der Waals surface area contributed by atoms with Crippen molar-refractivity contribution in [3.8, 4) is 11.5 Å². The second-order valence-corrected chi connectivity index (χ2v) is 11.5. The van der Waals surface area contributed by atoms with Crippen LogP contribution in [0.3, 0.4) is 0 Å². The molecule has 0 saturated carbocycles. The van der Waals surface area contributed by atoms with Gasteiger partial charge in [-0.25, -0.2) is 9.79 Å². The molecule has 0 aliphatic carbocycles. The van der Waals surface area contributed by atoms with Crippen molar-refractivity contribution in [2.45, 2.75) is 53.0 Å². The van der Waals surface area contributed by atoms with Gasteiger partial charge in [-0.05, 0) is 54.5 Å². The summed E-state index contributed by atoms with van der Waals surface area (Å²) in [6, 6.07) is 8.76. The second kappa shape index (κ2) is 12.6. The molecule has 0 bridgehead atoms. The van der Waals surface area contributed by atoms with E-state index in [0.29, 0.717) is 38.7 Å². The van der Waals surface area contributed by atoms with E-state index in [1.165, 1.54) is 11.3 Å². The van der Waals surface area contributed by atoms with Gasteiger partial charge in [0.25, 0.3) is 5.56 Å².